The number of fused-ring (bicyclic) bond motifs is 1. The highest BCUT2D eigenvalue weighted by atomic mass is 32.1. The predicted octanol–water partition coefficient (Wildman–Crippen LogP) is 5.49. The predicted molar refractivity (Wildman–Crippen MR) is 141 cm³/mol. The summed E-state index contributed by atoms with van der Waals surface area (Å²) in [7, 11) is 1.66. The van der Waals surface area contributed by atoms with Gasteiger partial charge in [-0.05, 0) is 49.5 Å². The number of likely N-dealkylation sites (N-methyl/N-ethyl adjacent to an activating group) is 1. The van der Waals surface area contributed by atoms with Crippen LogP contribution in [-0.2, 0) is 19.1 Å². The van der Waals surface area contributed by atoms with Gasteiger partial charge < -0.3 is 15.5 Å². The molecule has 4 aromatic rings. The molecule has 13 heteroatoms. The van der Waals surface area contributed by atoms with Crippen LogP contribution in [0.4, 0.5) is 30.2 Å². The van der Waals surface area contributed by atoms with E-state index in [2.05, 4.69) is 15.3 Å². The van der Waals surface area contributed by atoms with Crippen LogP contribution in [0.25, 0.3) is 11.0 Å². The van der Waals surface area contributed by atoms with Crippen molar-refractivity contribution in [2.24, 2.45) is 5.73 Å². The third-order valence-corrected chi connectivity index (χ3v) is 6.40. The summed E-state index contributed by atoms with van der Waals surface area (Å²) in [5.74, 6) is 0.807. The highest BCUT2D eigenvalue weighted by Gasteiger charge is 2.41. The zero-order valence-electron chi connectivity index (χ0n) is 20.5. The van der Waals surface area contributed by atoms with E-state index in [1.165, 1.54) is 12.1 Å². The minimum Gasteiger partial charge on any atom is -0.461 e. The lowest BCUT2D eigenvalue weighted by Crippen LogP contribution is -2.47. The number of quaternary nitrogens is 1. The van der Waals surface area contributed by atoms with Gasteiger partial charge in [0.25, 0.3) is 0 Å². The molecule has 4 rings (SSSR count). The lowest BCUT2D eigenvalue weighted by molar-refractivity contribution is -0.385. The van der Waals surface area contributed by atoms with Crippen molar-refractivity contribution in [3.05, 3.63) is 87.7 Å². The third-order valence-electron chi connectivity index (χ3n) is 6.30. The Morgan fingerprint density at radius 3 is 2.53 bits per heavy atom. The normalized spacial score (nSPS) is 13.3. The van der Waals surface area contributed by atoms with Crippen LogP contribution >= 0.6 is 12.2 Å². The van der Waals surface area contributed by atoms with Crippen LogP contribution in [-0.4, -0.2) is 33.6 Å². The van der Waals surface area contributed by atoms with Crippen molar-refractivity contribution in [1.82, 2.24) is 14.5 Å². The fraction of sp³-hybridized carbons (Fsp3) is 0.240. The molecule has 38 heavy (non-hydrogen) atoms. The van der Waals surface area contributed by atoms with Crippen molar-refractivity contribution in [3.8, 4) is 0 Å². The van der Waals surface area contributed by atoms with Gasteiger partial charge in [0.2, 0.25) is 0 Å². The first kappa shape index (κ1) is 26.9. The summed E-state index contributed by atoms with van der Waals surface area (Å²) in [6, 6.07) is 10.7. The van der Waals surface area contributed by atoms with Crippen LogP contribution in [0, 0.1) is 17.0 Å². The van der Waals surface area contributed by atoms with E-state index in [0.717, 1.165) is 29.4 Å². The molecule has 0 aliphatic carbocycles. The standard InChI is InChI=1S/C25H23F3N6O3S/c1-15-18(19-11-16(32-24(29)38)7-8-22(19)37-15)9-10-34(2,14-23-30-12-17(13-31-23)33(35)36)21-6-4-3-5-20(21)25(26,27)28/h3-8,11-13H,9-10,14H2,1-2H3,(H2-,29,32,38)/p+1. The Balaban J connectivity index is 1.75. The average molecular weight is 546 g/mol. The number of halogens is 3. The fourth-order valence-corrected chi connectivity index (χ4v) is 4.58. The molecule has 0 spiro atoms. The summed E-state index contributed by atoms with van der Waals surface area (Å²) in [5.41, 5.74) is 6.65. The van der Waals surface area contributed by atoms with E-state index in [-0.39, 0.29) is 39.9 Å². The maximum Gasteiger partial charge on any atom is 0.422 e. The second kappa shape index (κ2) is 10.3. The van der Waals surface area contributed by atoms with E-state index in [0.29, 0.717) is 23.5 Å². The number of nitrogens with one attached hydrogen (secondary N) is 1. The molecule has 0 aliphatic heterocycles. The fourth-order valence-electron chi connectivity index (χ4n) is 4.47. The minimum atomic E-state index is -4.59. The largest absolute Gasteiger partial charge is 0.461 e. The number of rotatable bonds is 8. The molecular formula is C25H24F3N6O3S+. The van der Waals surface area contributed by atoms with Gasteiger partial charge in [0.1, 0.15) is 41.5 Å². The SMILES string of the molecule is Cc1oc2ccc(NC(N)=S)cc2c1CC[N+](C)(Cc1ncc([N+](=O)[O-])cn1)c1ccccc1C(F)(F)F. The van der Waals surface area contributed by atoms with Crippen molar-refractivity contribution < 1.29 is 22.5 Å². The summed E-state index contributed by atoms with van der Waals surface area (Å²) in [4.78, 5) is 18.5. The molecule has 0 saturated heterocycles. The zero-order chi connectivity index (χ0) is 27.7. The molecule has 0 saturated carbocycles. The van der Waals surface area contributed by atoms with Crippen LogP contribution in [0.5, 0.6) is 0 Å². The van der Waals surface area contributed by atoms with Crippen molar-refractivity contribution in [2.45, 2.75) is 26.1 Å². The van der Waals surface area contributed by atoms with E-state index in [9.17, 15) is 23.3 Å². The number of benzene rings is 2. The number of nitrogens with zero attached hydrogens (tertiary/aromatic N) is 4. The molecule has 9 nitrogen and oxygen atoms in total. The number of hydrogen-bond acceptors (Lipinski definition) is 6. The van der Waals surface area contributed by atoms with E-state index in [1.807, 2.05) is 6.07 Å². The molecule has 1 unspecified atom stereocenters. The van der Waals surface area contributed by atoms with Gasteiger partial charge in [0.15, 0.2) is 10.9 Å². The van der Waals surface area contributed by atoms with E-state index >= 15 is 0 Å². The van der Waals surface area contributed by atoms with Gasteiger partial charge in [0, 0.05) is 23.1 Å². The van der Waals surface area contributed by atoms with Crippen molar-refractivity contribution in [1.29, 1.82) is 0 Å². The van der Waals surface area contributed by atoms with Crippen molar-refractivity contribution >= 4 is 45.4 Å². The molecule has 0 fully saturated rings. The number of hydrogen-bond donors (Lipinski definition) is 2. The molecule has 0 radical (unpaired) electrons. The van der Waals surface area contributed by atoms with Crippen LogP contribution in [0.15, 0.2) is 59.3 Å². The first-order valence-corrected chi connectivity index (χ1v) is 11.8. The Hall–Kier alpha value is -4.10. The highest BCUT2D eigenvalue weighted by molar-refractivity contribution is 7.80. The summed E-state index contributed by atoms with van der Waals surface area (Å²) >= 11 is 4.92. The molecule has 2 aromatic heterocycles. The molecule has 1 atom stereocenters. The molecule has 2 heterocycles. The number of anilines is 1. The van der Waals surface area contributed by atoms with Gasteiger partial charge in [-0.25, -0.2) is 9.97 Å². The van der Waals surface area contributed by atoms with E-state index in [1.54, 1.807) is 32.2 Å². The van der Waals surface area contributed by atoms with Gasteiger partial charge in [-0.2, -0.15) is 13.2 Å². The lowest BCUT2D eigenvalue weighted by atomic mass is 10.0. The van der Waals surface area contributed by atoms with E-state index in [4.69, 9.17) is 22.4 Å². The summed E-state index contributed by atoms with van der Waals surface area (Å²) in [6.45, 7) is 1.98. The number of aryl methyl sites for hydroxylation is 1. The number of furan rings is 1. The minimum absolute atomic E-state index is 0.0308. The quantitative estimate of drug-likeness (QED) is 0.129. The third kappa shape index (κ3) is 5.73. The summed E-state index contributed by atoms with van der Waals surface area (Å²) in [6.07, 6.45) is -2.14. The second-order valence-electron chi connectivity index (χ2n) is 8.99. The lowest BCUT2D eigenvalue weighted by Gasteiger charge is -2.35. The molecule has 0 bridgehead atoms. The Kier molecular flexibility index (Phi) is 7.33. The van der Waals surface area contributed by atoms with Gasteiger partial charge in [-0.1, -0.05) is 12.1 Å². The summed E-state index contributed by atoms with van der Waals surface area (Å²) < 4.78 is 47.8. The number of alkyl halides is 3. The smallest absolute Gasteiger partial charge is 0.422 e. The van der Waals surface area contributed by atoms with Crippen molar-refractivity contribution in [3.63, 3.8) is 0 Å². The zero-order valence-corrected chi connectivity index (χ0v) is 21.3. The molecule has 198 valence electrons. The Morgan fingerprint density at radius 2 is 1.89 bits per heavy atom. The molecular weight excluding hydrogens is 521 g/mol. The van der Waals surface area contributed by atoms with Crippen LogP contribution in [0.3, 0.4) is 0 Å². The number of para-hydroxylation sites is 1. The monoisotopic (exact) mass is 545 g/mol. The molecule has 0 amide bonds. The first-order valence-electron chi connectivity index (χ1n) is 11.4. The number of nitro groups is 1. The first-order chi connectivity index (χ1) is 17.9. The van der Waals surface area contributed by atoms with Crippen LogP contribution < -0.4 is 15.5 Å². The maximum absolute atomic E-state index is 14.0. The number of nitrogens with two attached hydrogens (primary N) is 1. The Morgan fingerprint density at radius 1 is 1.21 bits per heavy atom. The van der Waals surface area contributed by atoms with Crippen molar-refractivity contribution in [2.75, 3.05) is 18.9 Å². The molecule has 3 N–H and O–H groups in total. The number of aromatic nitrogens is 2. The Bertz CT molecular complexity index is 1510. The maximum atomic E-state index is 14.0. The summed E-state index contributed by atoms with van der Waals surface area (Å²) in [5, 5.41) is 14.8. The van der Waals surface area contributed by atoms with Gasteiger partial charge in [-0.15, -0.1) is 0 Å². The van der Waals surface area contributed by atoms with Gasteiger partial charge >= 0.3 is 11.9 Å². The highest BCUT2D eigenvalue weighted by Crippen LogP contribution is 2.40. The van der Waals surface area contributed by atoms with E-state index < -0.39 is 16.7 Å². The number of thiocarbonyl (C=S) groups is 1. The average Bonchev–Trinajstić information content (AvgIpc) is 3.16. The van der Waals surface area contributed by atoms with Crippen LogP contribution in [0.1, 0.15) is 22.7 Å². The van der Waals surface area contributed by atoms with Gasteiger partial charge in [-0.3, -0.25) is 14.6 Å². The van der Waals surface area contributed by atoms with Gasteiger partial charge in [0.05, 0.1) is 18.5 Å². The van der Waals surface area contributed by atoms with Crippen LogP contribution in [0.2, 0.25) is 0 Å². The molecule has 2 aromatic carbocycles. The Labute approximate surface area is 220 Å². The molecule has 0 aliphatic rings. The topological polar surface area (TPSA) is 120 Å². The second-order valence-corrected chi connectivity index (χ2v) is 9.43.